The predicted octanol–water partition coefficient (Wildman–Crippen LogP) is 3.31. The Morgan fingerprint density at radius 2 is 1.73 bits per heavy atom. The number of piperidine rings is 1. The maximum atomic E-state index is 13.2. The molecule has 2 heterocycles. The van der Waals surface area contributed by atoms with Crippen molar-refractivity contribution in [2.45, 2.75) is 74.2 Å². The molecule has 2 aliphatic heterocycles. The highest BCUT2D eigenvalue weighted by atomic mass is 32.2. The highest BCUT2D eigenvalue weighted by molar-refractivity contribution is 7.92. The highest BCUT2D eigenvalue weighted by Gasteiger charge is 2.47. The van der Waals surface area contributed by atoms with Crippen molar-refractivity contribution in [2.75, 3.05) is 13.1 Å². The van der Waals surface area contributed by atoms with Crippen LogP contribution < -0.4 is 10.0 Å². The smallest absolute Gasteiger partial charge is 0.393 e. The molecular formula is C29H33F3N4O6S2. The average Bonchev–Trinajstić information content (AvgIpc) is 3.28. The van der Waals surface area contributed by atoms with Crippen LogP contribution in [0.2, 0.25) is 0 Å². The van der Waals surface area contributed by atoms with Crippen molar-refractivity contribution in [3.8, 4) is 0 Å². The molecule has 3 N–H and O–H groups in total. The third-order valence-electron chi connectivity index (χ3n) is 8.34. The lowest BCUT2D eigenvalue weighted by Gasteiger charge is -2.34. The standard InChI is InChI=1S/C29H33F3N4O6S2/c1-19-17-25(44(41,42)35-23-6-8-24(37)9-7-23)10-5-20(19)11-16-43(39,40)36-14-12-28(13-15-36)27(38)33-26(34-28)21-3-2-4-22(18-21)29(30,31)32/h2-5,10-11,16-18,23-24,35,37H,6-9,12-15H2,1H3,(H,33,34,38). The number of carbonyl (C=O) groups is 1. The molecule has 5 rings (SSSR count). The number of hydrogen-bond donors (Lipinski definition) is 3. The van der Waals surface area contributed by atoms with E-state index in [1.165, 1.54) is 40.7 Å². The van der Waals surface area contributed by atoms with Gasteiger partial charge in [-0.05, 0) is 86.9 Å². The minimum absolute atomic E-state index is 0.0194. The van der Waals surface area contributed by atoms with Gasteiger partial charge in [-0.1, -0.05) is 18.2 Å². The largest absolute Gasteiger partial charge is 0.416 e. The summed E-state index contributed by atoms with van der Waals surface area (Å²) in [5.74, 6) is -0.468. The summed E-state index contributed by atoms with van der Waals surface area (Å²) in [6.45, 7) is 1.62. The first kappa shape index (κ1) is 32.3. The molecule has 0 aromatic heterocycles. The number of amidine groups is 1. The molecule has 0 atom stereocenters. The normalized spacial score (nSPS) is 23.2. The van der Waals surface area contributed by atoms with E-state index in [1.807, 2.05) is 0 Å². The molecule has 1 aliphatic carbocycles. The van der Waals surface area contributed by atoms with Gasteiger partial charge in [-0.2, -0.15) is 17.5 Å². The summed E-state index contributed by atoms with van der Waals surface area (Å²) in [6, 6.07) is 8.62. The van der Waals surface area contributed by atoms with Crippen LogP contribution >= 0.6 is 0 Å². The Morgan fingerprint density at radius 3 is 2.36 bits per heavy atom. The van der Waals surface area contributed by atoms with E-state index in [2.05, 4.69) is 15.0 Å². The number of carbonyl (C=O) groups excluding carboxylic acids is 1. The molecule has 1 saturated heterocycles. The molecule has 10 nitrogen and oxygen atoms in total. The summed E-state index contributed by atoms with van der Waals surface area (Å²) >= 11 is 0. The quantitative estimate of drug-likeness (QED) is 0.418. The van der Waals surface area contributed by atoms with Crippen LogP contribution in [0, 0.1) is 6.92 Å². The summed E-state index contributed by atoms with van der Waals surface area (Å²) in [5.41, 5.74) is -0.975. The number of aliphatic hydroxyl groups is 1. The van der Waals surface area contributed by atoms with Gasteiger partial charge < -0.3 is 10.4 Å². The third kappa shape index (κ3) is 6.91. The zero-order valence-electron chi connectivity index (χ0n) is 23.8. The number of aliphatic hydroxyl groups excluding tert-OH is 1. The summed E-state index contributed by atoms with van der Waals surface area (Å²) in [5, 5.41) is 13.2. The van der Waals surface area contributed by atoms with Gasteiger partial charge in [0.15, 0.2) is 0 Å². The molecule has 2 fully saturated rings. The van der Waals surface area contributed by atoms with Gasteiger partial charge in [-0.15, -0.1) is 0 Å². The number of rotatable bonds is 7. The van der Waals surface area contributed by atoms with E-state index in [9.17, 15) is 39.9 Å². The van der Waals surface area contributed by atoms with Gasteiger partial charge in [0, 0.05) is 30.1 Å². The number of nitrogens with one attached hydrogen (secondary N) is 2. The molecule has 2 aromatic rings. The molecule has 2 aromatic carbocycles. The Labute approximate surface area is 254 Å². The molecule has 1 amide bonds. The second-order valence-electron chi connectivity index (χ2n) is 11.4. The van der Waals surface area contributed by atoms with Gasteiger partial charge in [0.25, 0.3) is 5.91 Å². The minimum Gasteiger partial charge on any atom is -0.393 e. The van der Waals surface area contributed by atoms with E-state index in [1.54, 1.807) is 6.92 Å². The van der Waals surface area contributed by atoms with Crippen molar-refractivity contribution >= 4 is 37.9 Å². The lowest BCUT2D eigenvalue weighted by Crippen LogP contribution is -2.50. The van der Waals surface area contributed by atoms with Crippen LogP contribution in [0.15, 0.2) is 57.8 Å². The van der Waals surface area contributed by atoms with Gasteiger partial charge in [-0.3, -0.25) is 9.79 Å². The maximum absolute atomic E-state index is 13.2. The topological polar surface area (TPSA) is 145 Å². The van der Waals surface area contributed by atoms with Crippen molar-refractivity contribution in [2.24, 2.45) is 4.99 Å². The van der Waals surface area contributed by atoms with Gasteiger partial charge in [0.1, 0.15) is 11.4 Å². The Bertz CT molecular complexity index is 1710. The van der Waals surface area contributed by atoms with E-state index >= 15 is 0 Å². The number of nitrogens with zero attached hydrogens (tertiary/aromatic N) is 2. The zero-order valence-corrected chi connectivity index (χ0v) is 25.5. The van der Waals surface area contributed by atoms with Crippen LogP contribution in [0.4, 0.5) is 13.2 Å². The second kappa shape index (κ2) is 12.0. The van der Waals surface area contributed by atoms with Gasteiger partial charge >= 0.3 is 6.18 Å². The first-order valence-corrected chi connectivity index (χ1v) is 17.1. The summed E-state index contributed by atoms with van der Waals surface area (Å²) < 4.78 is 95.3. The molecule has 44 heavy (non-hydrogen) atoms. The molecular weight excluding hydrogens is 621 g/mol. The number of hydrogen-bond acceptors (Lipinski definition) is 7. The minimum atomic E-state index is -4.56. The monoisotopic (exact) mass is 654 g/mol. The molecule has 1 saturated carbocycles. The van der Waals surface area contributed by atoms with E-state index in [0.29, 0.717) is 36.8 Å². The second-order valence-corrected chi connectivity index (χ2v) is 14.9. The predicted molar refractivity (Wildman–Crippen MR) is 157 cm³/mol. The molecule has 0 unspecified atom stereocenters. The van der Waals surface area contributed by atoms with E-state index < -0.39 is 49.3 Å². The Balaban J connectivity index is 1.24. The lowest BCUT2D eigenvalue weighted by atomic mass is 9.89. The van der Waals surface area contributed by atoms with E-state index in [4.69, 9.17) is 0 Å². The van der Waals surface area contributed by atoms with Gasteiger partial charge in [0.2, 0.25) is 20.0 Å². The summed E-state index contributed by atoms with van der Waals surface area (Å²) in [4.78, 5) is 17.3. The first-order valence-electron chi connectivity index (χ1n) is 14.2. The van der Waals surface area contributed by atoms with Crippen LogP contribution in [-0.4, -0.2) is 68.8 Å². The number of aliphatic imine (C=N–C) groups is 1. The average molecular weight is 655 g/mol. The van der Waals surface area contributed by atoms with Crippen LogP contribution in [-0.2, 0) is 31.0 Å². The molecule has 3 aliphatic rings. The number of benzene rings is 2. The molecule has 15 heteroatoms. The van der Waals surface area contributed by atoms with Crippen molar-refractivity contribution in [1.29, 1.82) is 0 Å². The number of sulfonamides is 2. The summed E-state index contributed by atoms with van der Waals surface area (Å²) in [6.07, 6.45) is -1.33. The molecule has 0 radical (unpaired) electrons. The third-order valence-corrected chi connectivity index (χ3v) is 11.4. The first-order chi connectivity index (χ1) is 20.6. The highest BCUT2D eigenvalue weighted by Crippen LogP contribution is 2.34. The fourth-order valence-corrected chi connectivity index (χ4v) is 8.25. The van der Waals surface area contributed by atoms with Crippen LogP contribution in [0.5, 0.6) is 0 Å². The van der Waals surface area contributed by atoms with E-state index in [-0.39, 0.29) is 48.3 Å². The Morgan fingerprint density at radius 1 is 1.05 bits per heavy atom. The van der Waals surface area contributed by atoms with Crippen molar-refractivity contribution < 1.29 is 39.9 Å². The maximum Gasteiger partial charge on any atom is 0.416 e. The van der Waals surface area contributed by atoms with Gasteiger partial charge in [-0.25, -0.2) is 21.6 Å². The SMILES string of the molecule is Cc1cc(S(=O)(=O)NC2CCC(O)CC2)ccc1C=CS(=O)(=O)N1CCC2(CC1)N=C(c1cccc(C(F)(F)F)c1)NC2=O. The van der Waals surface area contributed by atoms with Crippen LogP contribution in [0.1, 0.15) is 60.8 Å². The van der Waals surface area contributed by atoms with Crippen molar-refractivity contribution in [3.05, 3.63) is 70.1 Å². The van der Waals surface area contributed by atoms with Crippen molar-refractivity contribution in [3.63, 3.8) is 0 Å². The van der Waals surface area contributed by atoms with E-state index in [0.717, 1.165) is 17.5 Å². The molecule has 0 bridgehead atoms. The fourth-order valence-electron chi connectivity index (χ4n) is 5.67. The lowest BCUT2D eigenvalue weighted by molar-refractivity contribution is -0.137. The van der Waals surface area contributed by atoms with Crippen LogP contribution in [0.3, 0.4) is 0 Å². The number of alkyl halides is 3. The Hall–Kier alpha value is -3.11. The van der Waals surface area contributed by atoms with Gasteiger partial charge in [0.05, 0.1) is 16.6 Å². The Kier molecular flexibility index (Phi) is 8.81. The molecule has 1 spiro atoms. The summed E-state index contributed by atoms with van der Waals surface area (Å²) in [7, 11) is -7.71. The van der Waals surface area contributed by atoms with Crippen LogP contribution in [0.25, 0.3) is 6.08 Å². The molecule has 238 valence electrons. The number of aryl methyl sites for hydroxylation is 1. The number of halogens is 3. The van der Waals surface area contributed by atoms with Crippen molar-refractivity contribution in [1.82, 2.24) is 14.3 Å². The number of amides is 1. The zero-order chi connectivity index (χ0) is 31.9. The fraction of sp³-hybridized carbons (Fsp3) is 0.448.